The second-order valence-corrected chi connectivity index (χ2v) is 6.63. The van der Waals surface area contributed by atoms with Gasteiger partial charge in [0, 0.05) is 16.0 Å². The minimum absolute atomic E-state index is 0.103. The maximum Gasteiger partial charge on any atom is 0.0958 e. The quantitative estimate of drug-likeness (QED) is 0.677. The van der Waals surface area contributed by atoms with Gasteiger partial charge in [0.2, 0.25) is 0 Å². The maximum atomic E-state index is 6.19. The molecule has 4 rings (SSSR count). The largest absolute Gasteiger partial charge is 0.297 e. The molecule has 2 aromatic carbocycles. The van der Waals surface area contributed by atoms with Gasteiger partial charge in [0.15, 0.2) is 0 Å². The van der Waals surface area contributed by atoms with Crippen molar-refractivity contribution in [2.75, 3.05) is 5.01 Å². The molecule has 1 aliphatic heterocycles. The zero-order chi connectivity index (χ0) is 15.6. The molecular weight excluding hydrogens is 324 g/mol. The van der Waals surface area contributed by atoms with Gasteiger partial charge < -0.3 is 0 Å². The fraction of sp³-hybridized carbons (Fsp3) is 0.0526. The first-order chi connectivity index (χ1) is 11.3. The molecule has 4 heteroatoms. The summed E-state index contributed by atoms with van der Waals surface area (Å²) in [7, 11) is 0. The molecule has 1 N–H and O–H groups in total. The Morgan fingerprint density at radius 3 is 2.61 bits per heavy atom. The minimum Gasteiger partial charge on any atom is -0.297 e. The number of para-hydroxylation sites is 1. The van der Waals surface area contributed by atoms with Gasteiger partial charge in [-0.2, -0.15) is 11.3 Å². The SMILES string of the molecule is Clc1cccc(C2C=C(c3ccsc3)NN2c2ccccc2)c1. The highest BCUT2D eigenvalue weighted by Gasteiger charge is 2.27. The third-order valence-corrected chi connectivity index (χ3v) is 4.82. The van der Waals surface area contributed by atoms with E-state index >= 15 is 0 Å². The van der Waals surface area contributed by atoms with Crippen molar-refractivity contribution in [2.45, 2.75) is 6.04 Å². The van der Waals surface area contributed by atoms with Crippen molar-refractivity contribution in [1.82, 2.24) is 5.43 Å². The smallest absolute Gasteiger partial charge is 0.0958 e. The van der Waals surface area contributed by atoms with Crippen LogP contribution in [0.25, 0.3) is 5.70 Å². The Morgan fingerprint density at radius 1 is 1.00 bits per heavy atom. The highest BCUT2D eigenvalue weighted by molar-refractivity contribution is 7.08. The number of anilines is 1. The number of halogens is 1. The molecule has 1 unspecified atom stereocenters. The van der Waals surface area contributed by atoms with E-state index in [4.69, 9.17) is 11.6 Å². The molecule has 2 heterocycles. The van der Waals surface area contributed by atoms with Crippen LogP contribution in [-0.4, -0.2) is 0 Å². The molecule has 114 valence electrons. The Kier molecular flexibility index (Phi) is 3.82. The van der Waals surface area contributed by atoms with Gasteiger partial charge >= 0.3 is 0 Å². The highest BCUT2D eigenvalue weighted by Crippen LogP contribution is 2.35. The van der Waals surface area contributed by atoms with Crippen LogP contribution in [0.5, 0.6) is 0 Å². The van der Waals surface area contributed by atoms with Crippen LogP contribution < -0.4 is 10.4 Å². The lowest BCUT2D eigenvalue weighted by atomic mass is 10.1. The molecule has 2 nitrogen and oxygen atoms in total. The van der Waals surface area contributed by atoms with Crippen LogP contribution in [-0.2, 0) is 0 Å². The fourth-order valence-electron chi connectivity index (χ4n) is 2.80. The predicted molar refractivity (Wildman–Crippen MR) is 98.5 cm³/mol. The van der Waals surface area contributed by atoms with Crippen LogP contribution in [0.4, 0.5) is 5.69 Å². The van der Waals surface area contributed by atoms with E-state index in [1.54, 1.807) is 11.3 Å². The van der Waals surface area contributed by atoms with Crippen molar-refractivity contribution < 1.29 is 0 Å². The molecule has 1 aromatic heterocycles. The van der Waals surface area contributed by atoms with Crippen LogP contribution in [0, 0.1) is 0 Å². The second kappa shape index (κ2) is 6.11. The first-order valence-electron chi connectivity index (χ1n) is 7.42. The summed E-state index contributed by atoms with van der Waals surface area (Å²) >= 11 is 7.90. The first-order valence-corrected chi connectivity index (χ1v) is 8.74. The number of hydrogen-bond donors (Lipinski definition) is 1. The van der Waals surface area contributed by atoms with Gasteiger partial charge in [-0.05, 0) is 47.4 Å². The third-order valence-electron chi connectivity index (χ3n) is 3.90. The number of rotatable bonds is 3. The number of thiophene rings is 1. The van der Waals surface area contributed by atoms with E-state index < -0.39 is 0 Å². The summed E-state index contributed by atoms with van der Waals surface area (Å²) in [6.45, 7) is 0. The topological polar surface area (TPSA) is 15.3 Å². The lowest BCUT2D eigenvalue weighted by Crippen LogP contribution is -2.33. The van der Waals surface area contributed by atoms with Gasteiger partial charge in [0.25, 0.3) is 0 Å². The Labute approximate surface area is 144 Å². The van der Waals surface area contributed by atoms with Crippen molar-refractivity contribution in [2.24, 2.45) is 0 Å². The number of hydrogen-bond acceptors (Lipinski definition) is 3. The summed E-state index contributed by atoms with van der Waals surface area (Å²) in [5.74, 6) is 0. The number of nitrogens with zero attached hydrogens (tertiary/aromatic N) is 1. The third kappa shape index (κ3) is 2.85. The van der Waals surface area contributed by atoms with Gasteiger partial charge in [0.05, 0.1) is 17.4 Å². The molecule has 0 aliphatic carbocycles. The van der Waals surface area contributed by atoms with E-state index in [2.05, 4.69) is 63.7 Å². The molecule has 0 fully saturated rings. The molecule has 1 atom stereocenters. The number of benzene rings is 2. The van der Waals surface area contributed by atoms with E-state index in [0.29, 0.717) is 0 Å². The van der Waals surface area contributed by atoms with Crippen LogP contribution in [0.3, 0.4) is 0 Å². The van der Waals surface area contributed by atoms with E-state index in [-0.39, 0.29) is 6.04 Å². The van der Waals surface area contributed by atoms with Gasteiger partial charge in [-0.1, -0.05) is 41.9 Å². The fourth-order valence-corrected chi connectivity index (χ4v) is 3.65. The standard InChI is InChI=1S/C19H15ClN2S/c20-16-6-4-5-14(11-16)19-12-18(15-9-10-23-13-15)21-22(19)17-7-2-1-3-8-17/h1-13,19,21H. The average Bonchev–Trinajstić information content (AvgIpc) is 3.25. The van der Waals surface area contributed by atoms with Crippen molar-refractivity contribution in [1.29, 1.82) is 0 Å². The monoisotopic (exact) mass is 338 g/mol. The zero-order valence-corrected chi connectivity index (χ0v) is 13.9. The van der Waals surface area contributed by atoms with Crippen LogP contribution >= 0.6 is 22.9 Å². The summed E-state index contributed by atoms with van der Waals surface area (Å²) in [5, 5.41) is 7.19. The second-order valence-electron chi connectivity index (χ2n) is 5.41. The van der Waals surface area contributed by atoms with Crippen LogP contribution in [0.2, 0.25) is 5.02 Å². The van der Waals surface area contributed by atoms with Crippen LogP contribution in [0.1, 0.15) is 17.2 Å². The average molecular weight is 339 g/mol. The van der Waals surface area contributed by atoms with Crippen molar-refractivity contribution >= 4 is 34.3 Å². The van der Waals surface area contributed by atoms with E-state index in [1.807, 2.05) is 24.3 Å². The molecule has 0 spiro atoms. The molecule has 0 radical (unpaired) electrons. The van der Waals surface area contributed by atoms with E-state index in [0.717, 1.165) is 16.4 Å². The molecule has 1 aliphatic rings. The number of nitrogens with one attached hydrogen (secondary N) is 1. The Balaban J connectivity index is 1.77. The summed E-state index contributed by atoms with van der Waals surface area (Å²) in [6.07, 6.45) is 2.25. The Morgan fingerprint density at radius 2 is 1.87 bits per heavy atom. The van der Waals surface area contributed by atoms with Gasteiger partial charge in [-0.3, -0.25) is 10.4 Å². The normalized spacial score (nSPS) is 17.0. The molecule has 0 amide bonds. The van der Waals surface area contributed by atoms with E-state index in [1.165, 1.54) is 11.1 Å². The summed E-state index contributed by atoms with van der Waals surface area (Å²) in [5.41, 5.74) is 8.16. The molecule has 0 saturated carbocycles. The summed E-state index contributed by atoms with van der Waals surface area (Å²) < 4.78 is 0. The zero-order valence-electron chi connectivity index (χ0n) is 12.3. The van der Waals surface area contributed by atoms with Crippen molar-refractivity contribution in [3.05, 3.63) is 93.6 Å². The minimum atomic E-state index is 0.103. The first kappa shape index (κ1) is 14.4. The Bertz CT molecular complexity index is 828. The van der Waals surface area contributed by atoms with Crippen molar-refractivity contribution in [3.63, 3.8) is 0 Å². The lowest BCUT2D eigenvalue weighted by Gasteiger charge is -2.27. The molecule has 0 bridgehead atoms. The Hall–Kier alpha value is -2.23. The molecular formula is C19H15ClN2S. The highest BCUT2D eigenvalue weighted by atomic mass is 35.5. The summed E-state index contributed by atoms with van der Waals surface area (Å²) in [6, 6.07) is 20.6. The van der Waals surface area contributed by atoms with Crippen molar-refractivity contribution in [3.8, 4) is 0 Å². The summed E-state index contributed by atoms with van der Waals surface area (Å²) in [4.78, 5) is 0. The van der Waals surface area contributed by atoms with Gasteiger partial charge in [0.1, 0.15) is 0 Å². The molecule has 3 aromatic rings. The van der Waals surface area contributed by atoms with Gasteiger partial charge in [-0.25, -0.2) is 0 Å². The van der Waals surface area contributed by atoms with E-state index in [9.17, 15) is 0 Å². The van der Waals surface area contributed by atoms with Crippen LogP contribution in [0.15, 0.2) is 77.5 Å². The number of hydrazine groups is 1. The predicted octanol–water partition coefficient (Wildman–Crippen LogP) is 5.51. The van der Waals surface area contributed by atoms with Gasteiger partial charge in [-0.15, -0.1) is 0 Å². The maximum absolute atomic E-state index is 6.19. The molecule has 23 heavy (non-hydrogen) atoms. The lowest BCUT2D eigenvalue weighted by molar-refractivity contribution is 0.724. The molecule has 0 saturated heterocycles.